The van der Waals surface area contributed by atoms with Gasteiger partial charge in [-0.1, -0.05) is 23.8 Å². The van der Waals surface area contributed by atoms with Gasteiger partial charge < -0.3 is 14.8 Å². The number of amides is 1. The maximum absolute atomic E-state index is 12.4. The molecule has 138 valence electrons. The van der Waals surface area contributed by atoms with E-state index in [1.807, 2.05) is 38.1 Å². The van der Waals surface area contributed by atoms with E-state index in [4.69, 9.17) is 9.47 Å². The summed E-state index contributed by atoms with van der Waals surface area (Å²) in [6.45, 7) is 7.23. The molecule has 0 saturated carbocycles. The molecule has 2 aromatic rings. The number of carbonyl (C=O) groups excluding carboxylic acids is 1. The molecule has 0 aromatic heterocycles. The molecular weight excluding hydrogens is 360 g/mol. The fraction of sp³-hybridized carbons (Fsp3) is 0.238. The second kappa shape index (κ2) is 7.12. The second-order valence-corrected chi connectivity index (χ2v) is 7.66. The van der Waals surface area contributed by atoms with E-state index in [0.29, 0.717) is 29.0 Å². The van der Waals surface area contributed by atoms with Gasteiger partial charge in [-0.25, -0.2) is 4.99 Å². The molecule has 27 heavy (non-hydrogen) atoms. The van der Waals surface area contributed by atoms with E-state index in [9.17, 15) is 4.79 Å². The van der Waals surface area contributed by atoms with E-state index in [1.165, 1.54) is 17.3 Å². The average Bonchev–Trinajstić information content (AvgIpc) is 2.97. The molecule has 0 atom stereocenters. The van der Waals surface area contributed by atoms with Crippen LogP contribution in [0.3, 0.4) is 0 Å². The minimum Gasteiger partial charge on any atom is -0.486 e. The number of nitrogens with one attached hydrogen (secondary N) is 1. The highest BCUT2D eigenvalue weighted by atomic mass is 32.2. The summed E-state index contributed by atoms with van der Waals surface area (Å²) >= 11 is 1.35. The van der Waals surface area contributed by atoms with Gasteiger partial charge in [0.2, 0.25) is 0 Å². The zero-order chi connectivity index (χ0) is 19.0. The number of nitrogens with zero attached hydrogens (tertiary/aromatic N) is 1. The fourth-order valence-corrected chi connectivity index (χ4v) is 4.06. The minimum atomic E-state index is -0.143. The molecule has 0 spiro atoms. The van der Waals surface area contributed by atoms with Crippen LogP contribution in [0.2, 0.25) is 0 Å². The molecule has 0 bridgehead atoms. The van der Waals surface area contributed by atoms with Gasteiger partial charge in [-0.05, 0) is 67.4 Å². The third-order valence-electron chi connectivity index (χ3n) is 4.36. The summed E-state index contributed by atoms with van der Waals surface area (Å²) in [5, 5.41) is 3.45. The zero-order valence-corrected chi connectivity index (χ0v) is 16.3. The molecule has 2 heterocycles. The van der Waals surface area contributed by atoms with Crippen LogP contribution in [0, 0.1) is 20.8 Å². The lowest BCUT2D eigenvalue weighted by Gasteiger charge is -2.18. The van der Waals surface area contributed by atoms with Gasteiger partial charge in [-0.3, -0.25) is 4.79 Å². The Balaban J connectivity index is 1.60. The van der Waals surface area contributed by atoms with Crippen molar-refractivity contribution in [2.24, 2.45) is 4.99 Å². The summed E-state index contributed by atoms with van der Waals surface area (Å²) in [5.41, 5.74) is 5.19. The largest absolute Gasteiger partial charge is 0.486 e. The predicted molar refractivity (Wildman–Crippen MR) is 109 cm³/mol. The summed E-state index contributed by atoms with van der Waals surface area (Å²) in [7, 11) is 0. The van der Waals surface area contributed by atoms with Crippen molar-refractivity contribution in [1.82, 2.24) is 5.32 Å². The van der Waals surface area contributed by atoms with Crippen LogP contribution in [0.15, 0.2) is 40.2 Å². The van der Waals surface area contributed by atoms with Crippen LogP contribution in [-0.2, 0) is 4.79 Å². The predicted octanol–water partition coefficient (Wildman–Crippen LogP) is 4.27. The Labute approximate surface area is 162 Å². The van der Waals surface area contributed by atoms with Gasteiger partial charge in [0, 0.05) is 0 Å². The van der Waals surface area contributed by atoms with Crippen molar-refractivity contribution in [3.63, 3.8) is 0 Å². The monoisotopic (exact) mass is 380 g/mol. The summed E-state index contributed by atoms with van der Waals surface area (Å²) < 4.78 is 11.1. The quantitative estimate of drug-likeness (QED) is 0.790. The molecule has 0 unspecified atom stereocenters. The highest BCUT2D eigenvalue weighted by Crippen LogP contribution is 2.34. The molecular formula is C21H20N2O3S. The van der Waals surface area contributed by atoms with E-state index in [-0.39, 0.29) is 5.91 Å². The molecule has 4 rings (SSSR count). The van der Waals surface area contributed by atoms with Crippen LogP contribution >= 0.6 is 11.8 Å². The third kappa shape index (κ3) is 3.71. The smallest absolute Gasteiger partial charge is 0.264 e. The van der Waals surface area contributed by atoms with Crippen LogP contribution in [0.5, 0.6) is 11.5 Å². The van der Waals surface area contributed by atoms with Gasteiger partial charge >= 0.3 is 0 Å². The first-order chi connectivity index (χ1) is 13.0. The van der Waals surface area contributed by atoms with Crippen LogP contribution in [0.4, 0.5) is 5.69 Å². The molecule has 0 aliphatic carbocycles. The Morgan fingerprint density at radius 2 is 1.74 bits per heavy atom. The first-order valence-corrected chi connectivity index (χ1v) is 9.58. The highest BCUT2D eigenvalue weighted by molar-refractivity contribution is 8.18. The fourth-order valence-electron chi connectivity index (χ4n) is 3.23. The number of thioether (sulfide) groups is 1. The number of amidine groups is 1. The Morgan fingerprint density at radius 1 is 1.04 bits per heavy atom. The van der Waals surface area contributed by atoms with Crippen molar-refractivity contribution in [3.8, 4) is 11.5 Å². The van der Waals surface area contributed by atoms with Crippen molar-refractivity contribution in [1.29, 1.82) is 0 Å². The first-order valence-electron chi connectivity index (χ1n) is 8.77. The minimum absolute atomic E-state index is 0.143. The van der Waals surface area contributed by atoms with Crippen molar-refractivity contribution in [2.45, 2.75) is 20.8 Å². The maximum atomic E-state index is 12.4. The summed E-state index contributed by atoms with van der Waals surface area (Å²) in [5.74, 6) is 1.30. The van der Waals surface area contributed by atoms with E-state index >= 15 is 0 Å². The molecule has 6 heteroatoms. The topological polar surface area (TPSA) is 59.9 Å². The molecule has 2 aromatic carbocycles. The number of ether oxygens (including phenoxy) is 2. The standard InChI is InChI=1S/C21H20N2O3S/c1-12-8-13(2)19(14(3)9-12)22-21-23-20(24)18(27-21)11-15-4-5-16-17(10-15)26-7-6-25-16/h4-5,8-11H,6-7H2,1-3H3,(H,22,23,24). The molecule has 1 N–H and O–H groups in total. The highest BCUT2D eigenvalue weighted by Gasteiger charge is 2.24. The number of rotatable bonds is 2. The van der Waals surface area contributed by atoms with Gasteiger partial charge in [-0.15, -0.1) is 0 Å². The van der Waals surface area contributed by atoms with Crippen LogP contribution in [-0.4, -0.2) is 24.3 Å². The van der Waals surface area contributed by atoms with Crippen LogP contribution < -0.4 is 14.8 Å². The number of benzene rings is 2. The maximum Gasteiger partial charge on any atom is 0.264 e. The van der Waals surface area contributed by atoms with Crippen molar-refractivity contribution < 1.29 is 14.3 Å². The molecule has 2 aliphatic heterocycles. The lowest BCUT2D eigenvalue weighted by molar-refractivity contribution is -0.115. The Morgan fingerprint density at radius 3 is 2.48 bits per heavy atom. The lowest BCUT2D eigenvalue weighted by atomic mass is 10.1. The van der Waals surface area contributed by atoms with Gasteiger partial charge in [0.15, 0.2) is 16.7 Å². The summed E-state index contributed by atoms with van der Waals surface area (Å²) in [6, 6.07) is 9.86. The normalized spacial score (nSPS) is 18.9. The lowest BCUT2D eigenvalue weighted by Crippen LogP contribution is -2.19. The SMILES string of the molecule is Cc1cc(C)c(N=C2NC(=O)C(=Cc3ccc4c(c3)OCCO4)S2)c(C)c1. The van der Waals surface area contributed by atoms with E-state index < -0.39 is 0 Å². The van der Waals surface area contributed by atoms with Crippen LogP contribution in [0.1, 0.15) is 22.3 Å². The Kier molecular flexibility index (Phi) is 4.66. The molecule has 2 aliphatic rings. The molecule has 1 saturated heterocycles. The van der Waals surface area contributed by atoms with E-state index in [0.717, 1.165) is 28.1 Å². The molecule has 1 amide bonds. The van der Waals surface area contributed by atoms with Gasteiger partial charge in [-0.2, -0.15) is 0 Å². The van der Waals surface area contributed by atoms with Crippen molar-refractivity contribution in [3.05, 3.63) is 57.5 Å². The summed E-state index contributed by atoms with van der Waals surface area (Å²) in [6.07, 6.45) is 1.84. The zero-order valence-electron chi connectivity index (χ0n) is 15.5. The number of aliphatic imine (C=N–C) groups is 1. The third-order valence-corrected chi connectivity index (χ3v) is 5.27. The molecule has 1 fully saturated rings. The second-order valence-electron chi connectivity index (χ2n) is 6.63. The number of fused-ring (bicyclic) bond motifs is 1. The van der Waals surface area contributed by atoms with E-state index in [2.05, 4.69) is 29.4 Å². The van der Waals surface area contributed by atoms with Crippen LogP contribution in [0.25, 0.3) is 6.08 Å². The number of hydrogen-bond donors (Lipinski definition) is 1. The van der Waals surface area contributed by atoms with Crippen molar-refractivity contribution in [2.75, 3.05) is 13.2 Å². The van der Waals surface area contributed by atoms with Gasteiger partial charge in [0.05, 0.1) is 10.6 Å². The van der Waals surface area contributed by atoms with Gasteiger partial charge in [0.1, 0.15) is 13.2 Å². The van der Waals surface area contributed by atoms with Crippen molar-refractivity contribution >= 4 is 34.6 Å². The molecule has 0 radical (unpaired) electrons. The number of carbonyl (C=O) groups is 1. The molecule has 5 nitrogen and oxygen atoms in total. The van der Waals surface area contributed by atoms with E-state index in [1.54, 1.807) is 0 Å². The number of aryl methyl sites for hydroxylation is 3. The summed E-state index contributed by atoms with van der Waals surface area (Å²) in [4.78, 5) is 17.6. The average molecular weight is 380 g/mol. The number of hydrogen-bond acceptors (Lipinski definition) is 5. The first kappa shape index (κ1) is 17.7. The Bertz CT molecular complexity index is 972. The van der Waals surface area contributed by atoms with Gasteiger partial charge in [0.25, 0.3) is 5.91 Å². The Hall–Kier alpha value is -2.73.